The minimum Gasteiger partial charge on any atom is -0.452 e. The van der Waals surface area contributed by atoms with Crippen LogP contribution in [0.25, 0.3) is 10.9 Å². The second-order valence-corrected chi connectivity index (χ2v) is 5.90. The van der Waals surface area contributed by atoms with E-state index in [0.717, 1.165) is 10.9 Å². The zero-order valence-electron chi connectivity index (χ0n) is 14.0. The molecule has 24 heavy (non-hydrogen) atoms. The molecule has 0 bridgehead atoms. The first-order valence-corrected chi connectivity index (χ1v) is 7.67. The van der Waals surface area contributed by atoms with Crippen LogP contribution >= 0.6 is 0 Å². The third kappa shape index (κ3) is 4.34. The number of nitrogens with one attached hydrogen (secondary N) is 2. The van der Waals surface area contributed by atoms with Crippen LogP contribution in [0, 0.1) is 5.92 Å². The lowest BCUT2D eigenvalue weighted by Gasteiger charge is -2.08. The number of aryl methyl sites for hydroxylation is 1. The fourth-order valence-electron chi connectivity index (χ4n) is 2.22. The van der Waals surface area contributed by atoms with Gasteiger partial charge >= 0.3 is 12.0 Å². The van der Waals surface area contributed by atoms with Crippen molar-refractivity contribution in [1.82, 2.24) is 15.2 Å². The fraction of sp³-hybridized carbons (Fsp3) is 0.353. The lowest BCUT2D eigenvalue weighted by molar-refractivity contribution is -0.123. The highest BCUT2D eigenvalue weighted by atomic mass is 16.5. The van der Waals surface area contributed by atoms with E-state index in [2.05, 4.69) is 10.6 Å². The number of fused-ring (bicyclic) bond motifs is 1. The number of nitrogens with zero attached hydrogens (tertiary/aromatic N) is 1. The first kappa shape index (κ1) is 17.5. The Hall–Kier alpha value is -2.83. The lowest BCUT2D eigenvalue weighted by atomic mass is 10.2. The average Bonchev–Trinajstić information content (AvgIpc) is 2.88. The molecule has 7 heteroatoms. The molecule has 0 aliphatic rings. The number of carbonyl (C=O) groups excluding carboxylic acids is 3. The van der Waals surface area contributed by atoms with E-state index in [1.807, 2.05) is 49.7 Å². The summed E-state index contributed by atoms with van der Waals surface area (Å²) in [5.41, 5.74) is 1.27. The number of rotatable bonds is 5. The second-order valence-electron chi connectivity index (χ2n) is 5.90. The van der Waals surface area contributed by atoms with Crippen molar-refractivity contribution < 1.29 is 19.1 Å². The molecule has 128 valence electrons. The molecule has 2 aromatic rings. The van der Waals surface area contributed by atoms with E-state index in [9.17, 15) is 14.4 Å². The molecule has 3 amide bonds. The van der Waals surface area contributed by atoms with Crippen LogP contribution < -0.4 is 10.6 Å². The SMILES string of the molecule is CC(C)CNC(=O)NC(=O)COC(=O)c1cn(C)c2ccccc12. The quantitative estimate of drug-likeness (QED) is 0.818. The number of hydrogen-bond acceptors (Lipinski definition) is 4. The molecule has 2 rings (SSSR count). The predicted molar refractivity (Wildman–Crippen MR) is 89.6 cm³/mol. The molecule has 0 fully saturated rings. The summed E-state index contributed by atoms with van der Waals surface area (Å²) in [5, 5.41) is 5.41. The summed E-state index contributed by atoms with van der Waals surface area (Å²) < 4.78 is 6.80. The van der Waals surface area contributed by atoms with Gasteiger partial charge in [0.25, 0.3) is 5.91 Å². The molecule has 2 N–H and O–H groups in total. The van der Waals surface area contributed by atoms with Crippen LogP contribution in [0.4, 0.5) is 4.79 Å². The Balaban J connectivity index is 1.90. The van der Waals surface area contributed by atoms with Gasteiger partial charge in [-0.2, -0.15) is 0 Å². The van der Waals surface area contributed by atoms with Gasteiger partial charge in [-0.3, -0.25) is 10.1 Å². The Morgan fingerprint density at radius 1 is 1.21 bits per heavy atom. The normalized spacial score (nSPS) is 10.7. The highest BCUT2D eigenvalue weighted by molar-refractivity contribution is 6.05. The van der Waals surface area contributed by atoms with Crippen LogP contribution in [0.15, 0.2) is 30.5 Å². The maximum atomic E-state index is 12.2. The first-order valence-electron chi connectivity index (χ1n) is 7.67. The van der Waals surface area contributed by atoms with Gasteiger partial charge < -0.3 is 14.6 Å². The number of aromatic nitrogens is 1. The van der Waals surface area contributed by atoms with Crippen LogP contribution in [-0.4, -0.2) is 35.6 Å². The lowest BCUT2D eigenvalue weighted by Crippen LogP contribution is -2.42. The van der Waals surface area contributed by atoms with Crippen LogP contribution in [0.2, 0.25) is 0 Å². The molecule has 0 aliphatic carbocycles. The number of ether oxygens (including phenoxy) is 1. The van der Waals surface area contributed by atoms with Gasteiger partial charge in [0.05, 0.1) is 5.56 Å². The second kappa shape index (κ2) is 7.63. The van der Waals surface area contributed by atoms with Gasteiger partial charge in [0.15, 0.2) is 6.61 Å². The summed E-state index contributed by atoms with van der Waals surface area (Å²) in [7, 11) is 1.82. The van der Waals surface area contributed by atoms with Crippen LogP contribution in [0.5, 0.6) is 0 Å². The van der Waals surface area contributed by atoms with Crippen molar-refractivity contribution in [2.24, 2.45) is 13.0 Å². The number of hydrogen-bond donors (Lipinski definition) is 2. The largest absolute Gasteiger partial charge is 0.452 e. The van der Waals surface area contributed by atoms with Crippen molar-refractivity contribution in [3.63, 3.8) is 0 Å². The maximum Gasteiger partial charge on any atom is 0.340 e. The summed E-state index contributed by atoms with van der Waals surface area (Å²) in [6, 6.07) is 6.80. The van der Waals surface area contributed by atoms with Crippen molar-refractivity contribution in [3.05, 3.63) is 36.0 Å². The molecule has 0 saturated heterocycles. The zero-order chi connectivity index (χ0) is 17.7. The Morgan fingerprint density at radius 3 is 2.62 bits per heavy atom. The molecule has 1 aromatic carbocycles. The molecule has 0 aliphatic heterocycles. The highest BCUT2D eigenvalue weighted by Crippen LogP contribution is 2.20. The number of urea groups is 1. The molecule has 0 unspecified atom stereocenters. The van der Waals surface area contributed by atoms with E-state index >= 15 is 0 Å². The van der Waals surface area contributed by atoms with E-state index in [-0.39, 0.29) is 5.92 Å². The Morgan fingerprint density at radius 2 is 1.92 bits per heavy atom. The molecule has 1 aromatic heterocycles. The van der Waals surface area contributed by atoms with Crippen LogP contribution in [0.3, 0.4) is 0 Å². The van der Waals surface area contributed by atoms with Gasteiger partial charge in [-0.15, -0.1) is 0 Å². The summed E-state index contributed by atoms with van der Waals surface area (Å²) in [6.07, 6.45) is 1.65. The van der Waals surface area contributed by atoms with Gasteiger partial charge in [0, 0.05) is 30.7 Å². The van der Waals surface area contributed by atoms with E-state index in [0.29, 0.717) is 12.1 Å². The zero-order valence-corrected chi connectivity index (χ0v) is 14.0. The molecule has 0 saturated carbocycles. The molecule has 0 atom stereocenters. The topological polar surface area (TPSA) is 89.4 Å². The summed E-state index contributed by atoms with van der Waals surface area (Å²) in [5.74, 6) is -1.01. The van der Waals surface area contributed by atoms with Crippen molar-refractivity contribution in [1.29, 1.82) is 0 Å². The highest BCUT2D eigenvalue weighted by Gasteiger charge is 2.17. The minimum absolute atomic E-state index is 0.273. The molecule has 1 heterocycles. The van der Waals surface area contributed by atoms with E-state index < -0.39 is 24.5 Å². The summed E-state index contributed by atoms with van der Waals surface area (Å²) >= 11 is 0. The summed E-state index contributed by atoms with van der Waals surface area (Å²) in [6.45, 7) is 3.81. The van der Waals surface area contributed by atoms with Gasteiger partial charge in [0.1, 0.15) is 0 Å². The first-order chi connectivity index (χ1) is 11.4. The van der Waals surface area contributed by atoms with E-state index in [4.69, 9.17) is 4.74 Å². The van der Waals surface area contributed by atoms with Gasteiger partial charge in [-0.05, 0) is 12.0 Å². The number of carbonyl (C=O) groups is 3. The number of amides is 3. The number of benzene rings is 1. The molecule has 0 spiro atoms. The smallest absolute Gasteiger partial charge is 0.340 e. The molecule has 7 nitrogen and oxygen atoms in total. The van der Waals surface area contributed by atoms with E-state index in [1.54, 1.807) is 6.20 Å². The van der Waals surface area contributed by atoms with Crippen LogP contribution in [0.1, 0.15) is 24.2 Å². The number of imide groups is 1. The number of esters is 1. The Labute approximate surface area is 140 Å². The van der Waals surface area contributed by atoms with Crippen molar-refractivity contribution in [2.75, 3.05) is 13.2 Å². The minimum atomic E-state index is -0.676. The van der Waals surface area contributed by atoms with E-state index in [1.165, 1.54) is 0 Å². The van der Waals surface area contributed by atoms with Crippen molar-refractivity contribution in [3.8, 4) is 0 Å². The Kier molecular flexibility index (Phi) is 5.57. The Bertz CT molecular complexity index is 764. The predicted octanol–water partition coefficient (Wildman–Crippen LogP) is 1.82. The van der Waals surface area contributed by atoms with Crippen LogP contribution in [-0.2, 0) is 16.6 Å². The third-order valence-corrected chi connectivity index (χ3v) is 3.38. The molecular weight excluding hydrogens is 310 g/mol. The maximum absolute atomic E-state index is 12.2. The van der Waals surface area contributed by atoms with Gasteiger partial charge in [-0.1, -0.05) is 32.0 Å². The summed E-state index contributed by atoms with van der Waals surface area (Å²) in [4.78, 5) is 35.3. The van der Waals surface area contributed by atoms with Gasteiger partial charge in [0.2, 0.25) is 0 Å². The molecule has 0 radical (unpaired) electrons. The molecular formula is C17H21N3O4. The standard InChI is InChI=1S/C17H21N3O4/c1-11(2)8-18-17(23)19-15(21)10-24-16(22)13-9-20(3)14-7-5-4-6-12(13)14/h4-7,9,11H,8,10H2,1-3H3,(H2,18,19,21,23). The third-order valence-electron chi connectivity index (χ3n) is 3.38. The fourth-order valence-corrected chi connectivity index (χ4v) is 2.22. The monoisotopic (exact) mass is 331 g/mol. The average molecular weight is 331 g/mol. The number of para-hydroxylation sites is 1. The van der Waals surface area contributed by atoms with Crippen molar-refractivity contribution >= 4 is 28.8 Å². The van der Waals surface area contributed by atoms with Gasteiger partial charge in [-0.25, -0.2) is 9.59 Å². The van der Waals surface area contributed by atoms with Crippen molar-refractivity contribution in [2.45, 2.75) is 13.8 Å².